The molecule has 4 rings (SSSR count). The maximum absolute atomic E-state index is 13.3. The second-order valence-electron chi connectivity index (χ2n) is 8.03. The fourth-order valence-corrected chi connectivity index (χ4v) is 4.13. The van der Waals surface area contributed by atoms with Gasteiger partial charge in [0.1, 0.15) is 28.6 Å². The number of amides is 1. The van der Waals surface area contributed by atoms with Crippen molar-refractivity contribution in [1.29, 1.82) is 0 Å². The number of ether oxygens (including phenoxy) is 2. The van der Waals surface area contributed by atoms with Crippen LogP contribution in [0.3, 0.4) is 0 Å². The van der Waals surface area contributed by atoms with E-state index in [0.717, 1.165) is 5.69 Å². The molecule has 1 aliphatic heterocycles. The third-order valence-electron chi connectivity index (χ3n) is 5.84. The minimum Gasteiger partial charge on any atom is -0.506 e. The molecule has 2 aromatic carbocycles. The number of hydrogen-bond donors (Lipinski definition) is 1. The average Bonchev–Trinajstić information content (AvgIpc) is 3.45. The molecule has 176 valence electrons. The summed E-state index contributed by atoms with van der Waals surface area (Å²) in [6.07, 6.45) is 1.51. The monoisotopic (exact) mass is 462 g/mol. The quantitative estimate of drug-likeness (QED) is 0.322. The molecule has 1 fully saturated rings. The molecule has 8 heteroatoms. The van der Waals surface area contributed by atoms with Crippen molar-refractivity contribution in [3.63, 3.8) is 0 Å². The fraction of sp³-hybridized carbons (Fsp3) is 0.231. The van der Waals surface area contributed by atoms with Crippen molar-refractivity contribution in [3.05, 3.63) is 83.3 Å². The van der Waals surface area contributed by atoms with Gasteiger partial charge in [-0.3, -0.25) is 9.59 Å². The minimum atomic E-state index is -0.837. The van der Waals surface area contributed by atoms with Crippen LogP contribution in [-0.4, -0.2) is 50.0 Å². The lowest BCUT2D eigenvalue weighted by Crippen LogP contribution is -2.29. The van der Waals surface area contributed by atoms with Crippen LogP contribution in [0.2, 0.25) is 0 Å². The number of likely N-dealkylation sites (tertiary alicyclic amines) is 1. The summed E-state index contributed by atoms with van der Waals surface area (Å²) in [4.78, 5) is 29.8. The zero-order valence-corrected chi connectivity index (χ0v) is 19.4. The normalized spacial score (nSPS) is 17.2. The van der Waals surface area contributed by atoms with Crippen LogP contribution >= 0.6 is 0 Å². The Morgan fingerprint density at radius 3 is 2.18 bits per heavy atom. The number of carbonyl (C=O) groups excluding carboxylic acids is 2. The molecule has 1 aromatic heterocycles. The predicted molar refractivity (Wildman–Crippen MR) is 127 cm³/mol. The highest BCUT2D eigenvalue weighted by atomic mass is 16.5. The Balaban J connectivity index is 1.92. The summed E-state index contributed by atoms with van der Waals surface area (Å²) in [5.41, 5.74) is 1.79. The van der Waals surface area contributed by atoms with Crippen LogP contribution in [0.5, 0.6) is 11.5 Å². The van der Waals surface area contributed by atoms with Gasteiger partial charge in [-0.15, -0.1) is 0 Å². The largest absolute Gasteiger partial charge is 0.506 e. The third-order valence-corrected chi connectivity index (χ3v) is 5.84. The van der Waals surface area contributed by atoms with E-state index in [1.54, 1.807) is 30.3 Å². The molecule has 1 atom stereocenters. The van der Waals surface area contributed by atoms with Crippen LogP contribution in [-0.2, 0) is 16.1 Å². The van der Waals surface area contributed by atoms with Gasteiger partial charge in [-0.1, -0.05) is 18.2 Å². The minimum absolute atomic E-state index is 0.0445. The highest BCUT2D eigenvalue weighted by Crippen LogP contribution is 2.44. The molecule has 1 unspecified atom stereocenters. The third kappa shape index (κ3) is 3.98. The van der Waals surface area contributed by atoms with Gasteiger partial charge < -0.3 is 28.8 Å². The molecule has 0 spiro atoms. The van der Waals surface area contributed by atoms with Crippen molar-refractivity contribution in [2.24, 2.45) is 0 Å². The summed E-state index contributed by atoms with van der Waals surface area (Å²) in [7, 11) is 6.76. The van der Waals surface area contributed by atoms with Crippen molar-refractivity contribution in [3.8, 4) is 11.5 Å². The summed E-state index contributed by atoms with van der Waals surface area (Å²) in [6.45, 7) is 0.0670. The Labute approximate surface area is 197 Å². The van der Waals surface area contributed by atoms with Crippen LogP contribution in [0, 0.1) is 0 Å². The number of rotatable bonds is 7. The van der Waals surface area contributed by atoms with Gasteiger partial charge in [-0.2, -0.15) is 0 Å². The van der Waals surface area contributed by atoms with Gasteiger partial charge in [0.15, 0.2) is 0 Å². The summed E-state index contributed by atoms with van der Waals surface area (Å²) in [6, 6.07) is 15.1. The SMILES string of the molecule is COc1cccc(OC)c1/C(O)=C1\C(=O)C(=O)N(Cc2ccco2)C1c1ccc(N(C)C)cc1. The van der Waals surface area contributed by atoms with E-state index in [1.807, 2.05) is 43.3 Å². The Kier molecular flexibility index (Phi) is 6.32. The van der Waals surface area contributed by atoms with Crippen LogP contribution in [0.1, 0.15) is 22.9 Å². The first-order valence-electron chi connectivity index (χ1n) is 10.7. The van der Waals surface area contributed by atoms with E-state index in [1.165, 1.54) is 25.4 Å². The summed E-state index contributed by atoms with van der Waals surface area (Å²) in [5, 5.41) is 11.4. The van der Waals surface area contributed by atoms with E-state index in [0.29, 0.717) is 22.8 Å². The van der Waals surface area contributed by atoms with E-state index in [2.05, 4.69) is 0 Å². The maximum Gasteiger partial charge on any atom is 0.296 e. The Hall–Kier alpha value is -4.20. The lowest BCUT2D eigenvalue weighted by molar-refractivity contribution is -0.140. The molecule has 0 aliphatic carbocycles. The summed E-state index contributed by atoms with van der Waals surface area (Å²) in [5.74, 6) is -0.735. The topological polar surface area (TPSA) is 92.4 Å². The first-order valence-corrected chi connectivity index (χ1v) is 10.7. The number of carbonyl (C=O) groups is 2. The van der Waals surface area contributed by atoms with Gasteiger partial charge in [0, 0.05) is 19.8 Å². The van der Waals surface area contributed by atoms with Gasteiger partial charge in [0.05, 0.1) is 38.6 Å². The lowest BCUT2D eigenvalue weighted by atomic mass is 9.94. The van der Waals surface area contributed by atoms with Crippen LogP contribution in [0.25, 0.3) is 5.76 Å². The predicted octanol–water partition coefficient (Wildman–Crippen LogP) is 3.98. The maximum atomic E-state index is 13.3. The Bertz CT molecular complexity index is 1210. The van der Waals surface area contributed by atoms with Crippen LogP contribution in [0.4, 0.5) is 5.69 Å². The van der Waals surface area contributed by atoms with E-state index >= 15 is 0 Å². The molecular formula is C26H26N2O6. The molecule has 1 amide bonds. The van der Waals surface area contributed by atoms with E-state index in [4.69, 9.17) is 13.9 Å². The molecule has 0 radical (unpaired) electrons. The first-order chi connectivity index (χ1) is 16.4. The van der Waals surface area contributed by atoms with Crippen molar-refractivity contribution >= 4 is 23.1 Å². The average molecular weight is 463 g/mol. The molecular weight excluding hydrogens is 436 g/mol. The van der Waals surface area contributed by atoms with Crippen molar-refractivity contribution < 1.29 is 28.6 Å². The van der Waals surface area contributed by atoms with Crippen molar-refractivity contribution in [2.45, 2.75) is 12.6 Å². The molecule has 34 heavy (non-hydrogen) atoms. The van der Waals surface area contributed by atoms with Crippen LogP contribution < -0.4 is 14.4 Å². The number of methoxy groups -OCH3 is 2. The van der Waals surface area contributed by atoms with Gasteiger partial charge in [0.25, 0.3) is 11.7 Å². The highest BCUT2D eigenvalue weighted by molar-refractivity contribution is 6.46. The number of hydrogen-bond acceptors (Lipinski definition) is 7. The number of ketones is 1. The molecule has 1 N–H and O–H groups in total. The lowest BCUT2D eigenvalue weighted by Gasteiger charge is -2.25. The van der Waals surface area contributed by atoms with E-state index in [-0.39, 0.29) is 23.4 Å². The Morgan fingerprint density at radius 1 is 1.00 bits per heavy atom. The second-order valence-corrected chi connectivity index (χ2v) is 8.03. The number of aliphatic hydroxyl groups excluding tert-OH is 1. The van der Waals surface area contributed by atoms with Gasteiger partial charge >= 0.3 is 0 Å². The molecule has 1 saturated heterocycles. The zero-order chi connectivity index (χ0) is 24.4. The zero-order valence-electron chi connectivity index (χ0n) is 19.4. The highest BCUT2D eigenvalue weighted by Gasteiger charge is 2.47. The number of benzene rings is 2. The number of anilines is 1. The molecule has 0 bridgehead atoms. The number of aliphatic hydroxyl groups is 1. The van der Waals surface area contributed by atoms with Crippen LogP contribution in [0.15, 0.2) is 70.9 Å². The molecule has 8 nitrogen and oxygen atoms in total. The number of nitrogens with zero attached hydrogens (tertiary/aromatic N) is 2. The smallest absolute Gasteiger partial charge is 0.296 e. The second kappa shape index (κ2) is 9.35. The first kappa shape index (κ1) is 23.0. The van der Waals surface area contributed by atoms with Crippen molar-refractivity contribution in [2.75, 3.05) is 33.2 Å². The van der Waals surface area contributed by atoms with Gasteiger partial charge in [0.2, 0.25) is 0 Å². The molecule has 1 aliphatic rings. The molecule has 0 saturated carbocycles. The standard InChI is InChI=1S/C26H26N2O6/c1-27(2)17-12-10-16(11-13-17)23-22(24(29)21-19(32-3)8-5-9-20(21)33-4)25(30)26(31)28(23)15-18-7-6-14-34-18/h5-14,23,29H,15H2,1-4H3/b24-22+. The van der Waals surface area contributed by atoms with E-state index < -0.39 is 17.7 Å². The fourth-order valence-electron chi connectivity index (χ4n) is 4.13. The van der Waals surface area contributed by atoms with Gasteiger partial charge in [-0.05, 0) is 42.0 Å². The number of Topliss-reactive ketones (excluding diaryl/α,β-unsaturated/α-hetero) is 1. The molecule has 2 heterocycles. The number of furan rings is 1. The van der Waals surface area contributed by atoms with E-state index in [9.17, 15) is 14.7 Å². The Morgan fingerprint density at radius 2 is 1.65 bits per heavy atom. The van der Waals surface area contributed by atoms with Gasteiger partial charge in [-0.25, -0.2) is 0 Å². The van der Waals surface area contributed by atoms with Crippen molar-refractivity contribution in [1.82, 2.24) is 4.90 Å². The molecule has 3 aromatic rings. The summed E-state index contributed by atoms with van der Waals surface area (Å²) < 4.78 is 16.3. The summed E-state index contributed by atoms with van der Waals surface area (Å²) >= 11 is 0.